The Labute approximate surface area is 153 Å². The van der Waals surface area contributed by atoms with Crippen LogP contribution in [0, 0.1) is 0 Å². The number of aliphatic hydroxyl groups is 2. The van der Waals surface area contributed by atoms with Gasteiger partial charge >= 0.3 is 12.1 Å². The first-order chi connectivity index (χ1) is 12.0. The molecule has 0 aromatic heterocycles. The van der Waals surface area contributed by atoms with E-state index in [1.807, 2.05) is 0 Å². The highest BCUT2D eigenvalue weighted by molar-refractivity contribution is 5.53. The summed E-state index contributed by atoms with van der Waals surface area (Å²) in [5, 5.41) is 20.2. The van der Waals surface area contributed by atoms with Crippen LogP contribution in [0.5, 0.6) is 0 Å². The van der Waals surface area contributed by atoms with Crippen LogP contribution >= 0.6 is 0 Å². The van der Waals surface area contributed by atoms with E-state index in [1.54, 1.807) is 0 Å². The summed E-state index contributed by atoms with van der Waals surface area (Å²) in [6.07, 6.45) is -3.37. The minimum Gasteiger partial charge on any atom is -0.385 e. The summed E-state index contributed by atoms with van der Waals surface area (Å²) in [4.78, 5) is 0. The number of hydrogen-bond donors (Lipinski definition) is 2. The number of alkyl halides is 6. The van der Waals surface area contributed by atoms with E-state index < -0.39 is 40.1 Å². The lowest BCUT2D eigenvalue weighted by Crippen LogP contribution is -2.57. The Morgan fingerprint density at radius 1 is 0.778 bits per heavy atom. The van der Waals surface area contributed by atoms with Crippen LogP contribution < -0.4 is 0 Å². The SMILES string of the molecule is CC1=CC(C(F)(C2=CCC(C)(O)C(C)=C2)C(F)(F)C(F)(F)F)=CCC1(C)O. The highest BCUT2D eigenvalue weighted by Gasteiger charge is 2.73. The molecule has 2 aliphatic carbocycles. The van der Waals surface area contributed by atoms with E-state index in [9.17, 15) is 32.2 Å². The lowest BCUT2D eigenvalue weighted by molar-refractivity contribution is -0.313. The largest absolute Gasteiger partial charge is 0.457 e. The van der Waals surface area contributed by atoms with Crippen LogP contribution in [0.4, 0.5) is 26.3 Å². The van der Waals surface area contributed by atoms with Crippen molar-refractivity contribution in [3.05, 3.63) is 46.6 Å². The third-order valence-electron chi connectivity index (χ3n) is 5.47. The fourth-order valence-corrected chi connectivity index (χ4v) is 3.04. The second kappa shape index (κ2) is 6.24. The van der Waals surface area contributed by atoms with E-state index in [0.29, 0.717) is 0 Å². The molecule has 27 heavy (non-hydrogen) atoms. The Bertz CT molecular complexity index is 703. The summed E-state index contributed by atoms with van der Waals surface area (Å²) in [5.74, 6) is -5.72. The molecule has 8 heteroatoms. The molecule has 0 aliphatic heterocycles. The van der Waals surface area contributed by atoms with Gasteiger partial charge in [-0.15, -0.1) is 0 Å². The monoisotopic (exact) mass is 396 g/mol. The first-order valence-electron chi connectivity index (χ1n) is 8.34. The molecule has 2 rings (SSSR count). The van der Waals surface area contributed by atoms with Crippen molar-refractivity contribution in [1.29, 1.82) is 0 Å². The zero-order valence-electron chi connectivity index (χ0n) is 15.4. The molecule has 2 N–H and O–H groups in total. The zero-order chi connectivity index (χ0) is 21.1. The van der Waals surface area contributed by atoms with Gasteiger partial charge in [0.05, 0.1) is 11.2 Å². The molecule has 2 atom stereocenters. The quantitative estimate of drug-likeness (QED) is 0.663. The number of hydrogen-bond acceptors (Lipinski definition) is 2. The summed E-state index contributed by atoms with van der Waals surface area (Å²) < 4.78 is 84.1. The summed E-state index contributed by atoms with van der Waals surface area (Å²) >= 11 is 0. The maximum Gasteiger partial charge on any atom is 0.457 e. The smallest absolute Gasteiger partial charge is 0.385 e. The van der Waals surface area contributed by atoms with Crippen LogP contribution in [0.15, 0.2) is 46.6 Å². The van der Waals surface area contributed by atoms with Crippen LogP contribution in [0.2, 0.25) is 0 Å². The molecular weight excluding hydrogens is 374 g/mol. The van der Waals surface area contributed by atoms with Crippen LogP contribution in [-0.2, 0) is 0 Å². The molecule has 0 saturated carbocycles. The third-order valence-corrected chi connectivity index (χ3v) is 5.47. The van der Waals surface area contributed by atoms with E-state index >= 15 is 4.39 Å². The molecule has 0 spiro atoms. The normalized spacial score (nSPS) is 32.1. The Hall–Kier alpha value is -1.54. The standard InChI is InChI=1S/C19H22F6O2/c1-11-9-13(5-7-15(11,3)26)17(20,18(21,22)19(23,24)25)14-6-8-16(4,27)12(2)10-14/h5-6,9-10,26-27H,7-8H2,1-4H3. The van der Waals surface area contributed by atoms with Crippen molar-refractivity contribution in [1.82, 2.24) is 0 Å². The van der Waals surface area contributed by atoms with E-state index in [1.165, 1.54) is 27.7 Å². The maximum atomic E-state index is 15.8. The Morgan fingerprint density at radius 3 is 1.37 bits per heavy atom. The average Bonchev–Trinajstić information content (AvgIpc) is 2.50. The van der Waals surface area contributed by atoms with Crippen LogP contribution in [-0.4, -0.2) is 39.2 Å². The maximum absolute atomic E-state index is 15.8. The third kappa shape index (κ3) is 3.38. The van der Waals surface area contributed by atoms with Crippen molar-refractivity contribution in [3.63, 3.8) is 0 Å². The first-order valence-corrected chi connectivity index (χ1v) is 8.34. The van der Waals surface area contributed by atoms with Gasteiger partial charge in [0.15, 0.2) is 0 Å². The van der Waals surface area contributed by atoms with Gasteiger partial charge in [-0.3, -0.25) is 0 Å². The van der Waals surface area contributed by atoms with Crippen molar-refractivity contribution < 1.29 is 36.6 Å². The van der Waals surface area contributed by atoms with Gasteiger partial charge in [0.2, 0.25) is 5.67 Å². The fraction of sp³-hybridized carbons (Fsp3) is 0.579. The average molecular weight is 396 g/mol. The second-order valence-corrected chi connectivity index (χ2v) is 7.66. The highest BCUT2D eigenvalue weighted by Crippen LogP contribution is 2.55. The summed E-state index contributed by atoms with van der Waals surface area (Å²) in [7, 11) is 0. The predicted molar refractivity (Wildman–Crippen MR) is 89.0 cm³/mol. The Kier molecular flexibility index (Phi) is 5.03. The topological polar surface area (TPSA) is 40.5 Å². The van der Waals surface area contributed by atoms with Gasteiger partial charge in [-0.2, -0.15) is 22.0 Å². The van der Waals surface area contributed by atoms with Crippen LogP contribution in [0.3, 0.4) is 0 Å². The molecule has 2 unspecified atom stereocenters. The van der Waals surface area contributed by atoms with E-state index in [2.05, 4.69) is 0 Å². The highest BCUT2D eigenvalue weighted by atomic mass is 19.4. The van der Waals surface area contributed by atoms with Crippen molar-refractivity contribution in [2.75, 3.05) is 0 Å². The molecule has 0 bridgehead atoms. The van der Waals surface area contributed by atoms with Crippen LogP contribution in [0.25, 0.3) is 0 Å². The van der Waals surface area contributed by atoms with Gasteiger partial charge in [0, 0.05) is 0 Å². The molecule has 0 saturated heterocycles. The Balaban J connectivity index is 2.70. The molecule has 0 radical (unpaired) electrons. The van der Waals surface area contributed by atoms with Crippen LogP contribution in [0.1, 0.15) is 40.5 Å². The molecule has 2 nitrogen and oxygen atoms in total. The molecule has 0 heterocycles. The van der Waals surface area contributed by atoms with Gasteiger partial charge in [-0.05, 0) is 62.8 Å². The molecule has 0 aromatic rings. The van der Waals surface area contributed by atoms with E-state index in [4.69, 9.17) is 0 Å². The number of rotatable bonds is 3. The van der Waals surface area contributed by atoms with Gasteiger partial charge in [-0.25, -0.2) is 4.39 Å². The van der Waals surface area contributed by atoms with E-state index in [0.717, 1.165) is 24.3 Å². The minimum atomic E-state index is -6.15. The molecule has 0 aromatic carbocycles. The van der Waals surface area contributed by atoms with Gasteiger partial charge in [0.25, 0.3) is 0 Å². The second-order valence-electron chi connectivity index (χ2n) is 7.66. The number of halogens is 6. The van der Waals surface area contributed by atoms with Crippen molar-refractivity contribution in [2.45, 2.75) is 69.5 Å². The summed E-state index contributed by atoms with van der Waals surface area (Å²) in [6.45, 7) is 5.38. The first kappa shape index (κ1) is 21.8. The summed E-state index contributed by atoms with van der Waals surface area (Å²) in [5.41, 5.74) is -8.71. The van der Waals surface area contributed by atoms with Gasteiger partial charge in [-0.1, -0.05) is 24.3 Å². The summed E-state index contributed by atoms with van der Waals surface area (Å²) in [6, 6.07) is 0. The lowest BCUT2D eigenvalue weighted by Gasteiger charge is -2.41. The fourth-order valence-electron chi connectivity index (χ4n) is 3.04. The molecular formula is C19H22F6O2. The van der Waals surface area contributed by atoms with Crippen molar-refractivity contribution in [3.8, 4) is 0 Å². The molecule has 0 fully saturated rings. The molecule has 2 aliphatic rings. The lowest BCUT2D eigenvalue weighted by atomic mass is 9.72. The molecule has 0 amide bonds. The van der Waals surface area contributed by atoms with E-state index in [-0.39, 0.29) is 24.0 Å². The zero-order valence-corrected chi connectivity index (χ0v) is 15.4. The van der Waals surface area contributed by atoms with Crippen molar-refractivity contribution >= 4 is 0 Å². The van der Waals surface area contributed by atoms with Crippen molar-refractivity contribution in [2.24, 2.45) is 0 Å². The minimum absolute atomic E-state index is 0.0732. The van der Waals surface area contributed by atoms with Gasteiger partial charge in [0.1, 0.15) is 0 Å². The molecule has 152 valence electrons. The number of allylic oxidation sites excluding steroid dienone is 4. The Morgan fingerprint density at radius 2 is 1.11 bits per heavy atom. The van der Waals surface area contributed by atoms with Gasteiger partial charge < -0.3 is 10.2 Å². The predicted octanol–water partition coefficient (Wildman–Crippen LogP) is 4.95.